The van der Waals surface area contributed by atoms with Gasteiger partial charge in [0, 0.05) is 22.9 Å². The molecule has 8 aromatic rings. The van der Waals surface area contributed by atoms with Crippen molar-refractivity contribution in [1.82, 2.24) is 4.98 Å². The molecule has 5 heteroatoms. The van der Waals surface area contributed by atoms with Crippen LogP contribution < -0.4 is 10.2 Å². The number of benzene rings is 5. The molecular weight excluding hydrogens is 506 g/mol. The molecule has 0 saturated heterocycles. The lowest BCUT2D eigenvalue weighted by atomic mass is 9.98. The molecule has 194 valence electrons. The quantitative estimate of drug-likeness (QED) is 0.231. The van der Waals surface area contributed by atoms with Gasteiger partial charge in [-0.3, -0.25) is 0 Å². The Hall–Kier alpha value is -5.55. The van der Waals surface area contributed by atoms with Gasteiger partial charge in [-0.05, 0) is 46.5 Å². The van der Waals surface area contributed by atoms with E-state index >= 15 is 0 Å². The first-order valence-corrected chi connectivity index (χ1v) is 13.8. The first kappa shape index (κ1) is 22.3. The van der Waals surface area contributed by atoms with Crippen LogP contribution in [-0.2, 0) is 0 Å². The summed E-state index contributed by atoms with van der Waals surface area (Å²) in [5.41, 5.74) is 6.39. The normalized spacial score (nSPS) is 12.9. The van der Waals surface area contributed by atoms with E-state index < -0.39 is 0 Å². The fourth-order valence-corrected chi connectivity index (χ4v) is 6.31. The van der Waals surface area contributed by atoms with Crippen molar-refractivity contribution in [3.05, 3.63) is 121 Å². The number of nitrogens with zero attached hydrogens (tertiary/aromatic N) is 2. The van der Waals surface area contributed by atoms with Gasteiger partial charge in [0.1, 0.15) is 11.2 Å². The minimum atomic E-state index is 0.629. The largest absolute Gasteiger partial charge is 0.440 e. The SMILES string of the molecule is C1=Cc2c(oc3cccc(N(c4cnc5oc6ccccc6c5c4)c4cc5ccccc5c5ccccc45)c23)NC1. The lowest BCUT2D eigenvalue weighted by Crippen LogP contribution is -2.12. The van der Waals surface area contributed by atoms with Crippen LogP contribution in [-0.4, -0.2) is 11.5 Å². The number of para-hydroxylation sites is 1. The summed E-state index contributed by atoms with van der Waals surface area (Å²) in [6.45, 7) is 0.745. The van der Waals surface area contributed by atoms with Gasteiger partial charge in [-0.15, -0.1) is 0 Å². The number of furan rings is 2. The lowest BCUT2D eigenvalue weighted by molar-refractivity contribution is 0.628. The summed E-state index contributed by atoms with van der Waals surface area (Å²) in [6, 6.07) is 36.1. The monoisotopic (exact) mass is 529 g/mol. The molecule has 4 heterocycles. The summed E-state index contributed by atoms with van der Waals surface area (Å²) in [6.07, 6.45) is 6.20. The topological polar surface area (TPSA) is 54.4 Å². The van der Waals surface area contributed by atoms with E-state index in [2.05, 4.69) is 101 Å². The van der Waals surface area contributed by atoms with Gasteiger partial charge in [0.05, 0.1) is 34.0 Å². The number of aromatic nitrogens is 1. The molecule has 41 heavy (non-hydrogen) atoms. The first-order valence-electron chi connectivity index (χ1n) is 13.8. The summed E-state index contributed by atoms with van der Waals surface area (Å²) in [5, 5.41) is 11.3. The number of rotatable bonds is 3. The van der Waals surface area contributed by atoms with Crippen LogP contribution in [0.15, 0.2) is 124 Å². The van der Waals surface area contributed by atoms with Crippen LogP contribution in [0.25, 0.3) is 60.7 Å². The molecule has 5 nitrogen and oxygen atoms in total. The first-order chi connectivity index (χ1) is 20.3. The van der Waals surface area contributed by atoms with Gasteiger partial charge in [-0.25, -0.2) is 4.98 Å². The number of anilines is 4. The van der Waals surface area contributed by atoms with Crippen LogP contribution in [0.2, 0.25) is 0 Å². The van der Waals surface area contributed by atoms with E-state index in [0.717, 1.165) is 67.8 Å². The average molecular weight is 530 g/mol. The van der Waals surface area contributed by atoms with E-state index in [9.17, 15) is 0 Å². The van der Waals surface area contributed by atoms with Crippen molar-refractivity contribution < 1.29 is 8.83 Å². The molecule has 0 radical (unpaired) electrons. The molecule has 3 aromatic heterocycles. The molecule has 0 fully saturated rings. The Morgan fingerprint density at radius 2 is 1.44 bits per heavy atom. The Balaban J connectivity index is 1.42. The molecule has 9 rings (SSSR count). The Morgan fingerprint density at radius 1 is 0.659 bits per heavy atom. The van der Waals surface area contributed by atoms with Crippen molar-refractivity contribution in [1.29, 1.82) is 0 Å². The fourth-order valence-electron chi connectivity index (χ4n) is 6.31. The highest BCUT2D eigenvalue weighted by atomic mass is 16.4. The van der Waals surface area contributed by atoms with E-state index in [1.807, 2.05) is 30.5 Å². The predicted molar refractivity (Wildman–Crippen MR) is 169 cm³/mol. The molecule has 0 saturated carbocycles. The maximum atomic E-state index is 6.31. The standard InChI is InChI=1S/C36H23N3O2/c1-2-10-24-22(9-1)19-31(26-12-4-3-11-25(24)26)39(23-20-29-27-13-5-6-16-32(27)40-36(29)38-21-23)30-15-7-17-33-34(30)28-14-8-18-37-35(28)41-33/h1-17,19-21,37H,18H2. The Morgan fingerprint density at radius 3 is 2.37 bits per heavy atom. The van der Waals surface area contributed by atoms with Crippen LogP contribution >= 0.6 is 0 Å². The van der Waals surface area contributed by atoms with Crippen molar-refractivity contribution in [3.8, 4) is 0 Å². The van der Waals surface area contributed by atoms with Gasteiger partial charge in [-0.2, -0.15) is 0 Å². The molecule has 0 bridgehead atoms. The molecule has 5 aromatic carbocycles. The Bertz CT molecular complexity index is 2340. The maximum Gasteiger partial charge on any atom is 0.227 e. The van der Waals surface area contributed by atoms with Crippen LogP contribution in [0.3, 0.4) is 0 Å². The van der Waals surface area contributed by atoms with Crippen molar-refractivity contribution in [2.45, 2.75) is 0 Å². The zero-order valence-corrected chi connectivity index (χ0v) is 22.0. The highest BCUT2D eigenvalue weighted by molar-refractivity contribution is 6.16. The lowest BCUT2D eigenvalue weighted by Gasteiger charge is -2.28. The van der Waals surface area contributed by atoms with Gasteiger partial charge < -0.3 is 19.1 Å². The Labute approximate surface area is 234 Å². The van der Waals surface area contributed by atoms with Crippen LogP contribution in [0.1, 0.15) is 5.56 Å². The van der Waals surface area contributed by atoms with Crippen molar-refractivity contribution >= 4 is 83.6 Å². The highest BCUT2D eigenvalue weighted by Gasteiger charge is 2.25. The fraction of sp³-hybridized carbons (Fsp3) is 0.0278. The van der Waals surface area contributed by atoms with E-state index in [1.165, 1.54) is 16.2 Å². The summed E-state index contributed by atoms with van der Waals surface area (Å²) in [4.78, 5) is 7.15. The van der Waals surface area contributed by atoms with E-state index in [4.69, 9.17) is 13.8 Å². The molecule has 1 aliphatic heterocycles. The van der Waals surface area contributed by atoms with Crippen LogP contribution in [0.4, 0.5) is 22.9 Å². The molecule has 0 unspecified atom stereocenters. The van der Waals surface area contributed by atoms with E-state index in [0.29, 0.717) is 5.71 Å². The molecule has 0 amide bonds. The third kappa shape index (κ3) is 3.26. The molecule has 1 aliphatic rings. The van der Waals surface area contributed by atoms with E-state index in [1.54, 1.807) is 0 Å². The zero-order chi connectivity index (χ0) is 26.9. The third-order valence-corrected chi connectivity index (χ3v) is 8.10. The highest BCUT2D eigenvalue weighted by Crippen LogP contribution is 2.47. The van der Waals surface area contributed by atoms with Gasteiger partial charge in [0.15, 0.2) is 0 Å². The second-order valence-corrected chi connectivity index (χ2v) is 10.4. The van der Waals surface area contributed by atoms with E-state index in [-0.39, 0.29) is 0 Å². The summed E-state index contributed by atoms with van der Waals surface area (Å²) in [7, 11) is 0. The van der Waals surface area contributed by atoms with Crippen molar-refractivity contribution in [3.63, 3.8) is 0 Å². The number of hydrogen-bond donors (Lipinski definition) is 1. The molecule has 1 N–H and O–H groups in total. The van der Waals surface area contributed by atoms with Gasteiger partial charge in [0.2, 0.25) is 11.6 Å². The second kappa shape index (κ2) is 8.47. The van der Waals surface area contributed by atoms with Crippen LogP contribution in [0.5, 0.6) is 0 Å². The minimum Gasteiger partial charge on any atom is -0.440 e. The zero-order valence-electron chi connectivity index (χ0n) is 22.0. The van der Waals surface area contributed by atoms with Crippen LogP contribution in [0, 0.1) is 0 Å². The van der Waals surface area contributed by atoms with Crippen molar-refractivity contribution in [2.75, 3.05) is 16.8 Å². The predicted octanol–water partition coefficient (Wildman–Crippen LogP) is 9.94. The number of nitrogens with one attached hydrogen (secondary N) is 1. The molecule has 0 aliphatic carbocycles. The Kier molecular flexibility index (Phi) is 4.61. The summed E-state index contributed by atoms with van der Waals surface area (Å²) >= 11 is 0. The summed E-state index contributed by atoms with van der Waals surface area (Å²) < 4.78 is 12.4. The van der Waals surface area contributed by atoms with Gasteiger partial charge >= 0.3 is 0 Å². The number of fused-ring (bicyclic) bond motifs is 9. The van der Waals surface area contributed by atoms with Gasteiger partial charge in [0.25, 0.3) is 0 Å². The second-order valence-electron chi connectivity index (χ2n) is 10.4. The van der Waals surface area contributed by atoms with Crippen molar-refractivity contribution in [2.24, 2.45) is 0 Å². The molecular formula is C36H23N3O2. The number of pyridine rings is 1. The average Bonchev–Trinajstić information content (AvgIpc) is 3.60. The van der Waals surface area contributed by atoms with Gasteiger partial charge in [-0.1, -0.05) is 84.9 Å². The third-order valence-electron chi connectivity index (χ3n) is 8.10. The minimum absolute atomic E-state index is 0.629. The number of hydrogen-bond acceptors (Lipinski definition) is 5. The summed E-state index contributed by atoms with van der Waals surface area (Å²) in [5.74, 6) is 0.799. The maximum absolute atomic E-state index is 6.31. The smallest absolute Gasteiger partial charge is 0.227 e. The molecule has 0 spiro atoms. The molecule has 0 atom stereocenters.